The predicted octanol–water partition coefficient (Wildman–Crippen LogP) is 3.21. The van der Waals surface area contributed by atoms with Crippen molar-refractivity contribution in [3.05, 3.63) is 47.7 Å². The second kappa shape index (κ2) is 5.58. The summed E-state index contributed by atoms with van der Waals surface area (Å²) < 4.78 is 0. The smallest absolute Gasteiger partial charge is 0.232 e. The maximum Gasteiger partial charge on any atom is 0.232 e. The molecule has 0 bridgehead atoms. The van der Waals surface area contributed by atoms with Crippen molar-refractivity contribution in [1.82, 2.24) is 15.1 Å². The maximum absolute atomic E-state index is 12.9. The van der Waals surface area contributed by atoms with Gasteiger partial charge in [-0.15, -0.1) is 0 Å². The highest BCUT2D eigenvalue weighted by Gasteiger charge is 2.47. The summed E-state index contributed by atoms with van der Waals surface area (Å²) in [7, 11) is 0. The molecule has 0 aliphatic carbocycles. The summed E-state index contributed by atoms with van der Waals surface area (Å²) in [5, 5.41) is 20.5. The number of aromatic amines is 1. The highest BCUT2D eigenvalue weighted by atomic mass is 16.2. The van der Waals surface area contributed by atoms with Crippen LogP contribution in [0.2, 0.25) is 0 Å². The fourth-order valence-corrected chi connectivity index (χ4v) is 4.50. The van der Waals surface area contributed by atoms with Gasteiger partial charge >= 0.3 is 0 Å². The van der Waals surface area contributed by atoms with Gasteiger partial charge in [-0.2, -0.15) is 10.4 Å². The Labute approximate surface area is 156 Å². The first-order valence-corrected chi connectivity index (χ1v) is 9.12. The number of hydrogen-bond acceptors (Lipinski definition) is 4. The number of nitriles is 1. The molecule has 6 nitrogen and oxygen atoms in total. The first-order valence-electron chi connectivity index (χ1n) is 9.12. The van der Waals surface area contributed by atoms with Crippen LogP contribution in [0.5, 0.6) is 0 Å². The minimum Gasteiger partial charge on any atom is -0.325 e. The van der Waals surface area contributed by atoms with Gasteiger partial charge < -0.3 is 10.2 Å². The minimum atomic E-state index is -0.481. The lowest BCUT2D eigenvalue weighted by molar-refractivity contribution is -0.125. The summed E-state index contributed by atoms with van der Waals surface area (Å²) >= 11 is 0. The molecule has 1 aromatic heterocycles. The van der Waals surface area contributed by atoms with Gasteiger partial charge in [0.1, 0.15) is 0 Å². The Kier molecular flexibility index (Phi) is 3.28. The third kappa shape index (κ3) is 2.32. The highest BCUT2D eigenvalue weighted by molar-refractivity contribution is 6.01. The van der Waals surface area contributed by atoms with Crippen molar-refractivity contribution in [3.8, 4) is 17.3 Å². The van der Waals surface area contributed by atoms with Crippen molar-refractivity contribution < 1.29 is 4.79 Å². The number of anilines is 1. The Morgan fingerprint density at radius 2 is 2.19 bits per heavy atom. The molecule has 3 aromatic rings. The fraction of sp³-hybridized carbons (Fsp3) is 0.286. The van der Waals surface area contributed by atoms with Gasteiger partial charge in [-0.05, 0) is 54.2 Å². The van der Waals surface area contributed by atoms with Crippen LogP contribution in [0, 0.1) is 23.8 Å². The average molecular weight is 357 g/mol. The summed E-state index contributed by atoms with van der Waals surface area (Å²) in [4.78, 5) is 14.5. The van der Waals surface area contributed by atoms with Crippen LogP contribution in [-0.4, -0.2) is 34.1 Å². The largest absolute Gasteiger partial charge is 0.325 e. The summed E-state index contributed by atoms with van der Waals surface area (Å²) in [6.07, 6.45) is 5.43. The predicted molar refractivity (Wildman–Crippen MR) is 103 cm³/mol. The number of nitrogens with one attached hydrogen (secondary N) is 2. The fourth-order valence-electron chi connectivity index (χ4n) is 4.50. The van der Waals surface area contributed by atoms with E-state index in [2.05, 4.69) is 52.9 Å². The van der Waals surface area contributed by atoms with E-state index in [0.29, 0.717) is 19.5 Å². The third-order valence-electron chi connectivity index (χ3n) is 5.98. The Hall–Kier alpha value is -3.33. The normalized spacial score (nSPS) is 21.3. The van der Waals surface area contributed by atoms with E-state index in [-0.39, 0.29) is 5.91 Å². The van der Waals surface area contributed by atoms with Gasteiger partial charge in [-0.1, -0.05) is 18.2 Å². The molecule has 134 valence electrons. The van der Waals surface area contributed by atoms with Gasteiger partial charge in [0.25, 0.3) is 0 Å². The highest BCUT2D eigenvalue weighted by Crippen LogP contribution is 2.42. The van der Waals surface area contributed by atoms with Crippen molar-refractivity contribution in [3.63, 3.8) is 0 Å². The van der Waals surface area contributed by atoms with E-state index in [1.54, 1.807) is 4.90 Å². The number of aromatic nitrogens is 2. The van der Waals surface area contributed by atoms with Crippen LogP contribution < -0.4 is 5.32 Å². The molecular formula is C21H19N5O. The third-order valence-corrected chi connectivity index (χ3v) is 5.98. The van der Waals surface area contributed by atoms with E-state index in [9.17, 15) is 4.79 Å². The second-order valence-corrected chi connectivity index (χ2v) is 7.64. The van der Waals surface area contributed by atoms with Crippen molar-refractivity contribution in [2.24, 2.45) is 5.41 Å². The van der Waals surface area contributed by atoms with Crippen molar-refractivity contribution in [2.75, 3.05) is 18.4 Å². The number of rotatable bonds is 1. The average Bonchev–Trinajstić information content (AvgIpc) is 3.30. The molecule has 2 aliphatic heterocycles. The standard InChI is InChI=1S/C21H19N5O/c1-13-2-5-17-16(10-23-25-17)19(13)14-3-4-15-9-21(6-7-26(11-21)12-22)20(27)24-18(15)8-14/h2-5,8,10H,6-7,9,11H2,1H3,(H,23,25)(H,24,27)/t21-/m0/s1. The number of hydrogen-bond donors (Lipinski definition) is 2. The van der Waals surface area contributed by atoms with Crippen LogP contribution >= 0.6 is 0 Å². The summed E-state index contributed by atoms with van der Waals surface area (Å²) in [5.41, 5.74) is 5.90. The van der Waals surface area contributed by atoms with Crippen molar-refractivity contribution >= 4 is 22.5 Å². The number of likely N-dealkylation sites (tertiary alicyclic amines) is 1. The molecule has 0 unspecified atom stereocenters. The number of carbonyl (C=O) groups excluding carboxylic acids is 1. The zero-order valence-electron chi connectivity index (χ0n) is 15.0. The maximum atomic E-state index is 12.9. The SMILES string of the molecule is Cc1ccc2[nH]ncc2c1-c1ccc2c(c1)NC(=O)[C@@]1(CCN(C#N)C1)C2. The monoisotopic (exact) mass is 357 g/mol. The molecule has 2 aliphatic rings. The molecule has 3 heterocycles. The zero-order valence-corrected chi connectivity index (χ0v) is 15.0. The van der Waals surface area contributed by atoms with Crippen LogP contribution in [0.15, 0.2) is 36.5 Å². The lowest BCUT2D eigenvalue weighted by atomic mass is 9.76. The molecule has 2 aromatic carbocycles. The Bertz CT molecular complexity index is 1130. The Morgan fingerprint density at radius 3 is 3.00 bits per heavy atom. The quantitative estimate of drug-likeness (QED) is 0.655. The van der Waals surface area contributed by atoms with E-state index < -0.39 is 5.41 Å². The summed E-state index contributed by atoms with van der Waals surface area (Å²) in [5.74, 6) is 0.0307. The molecular weight excluding hydrogens is 338 g/mol. The second-order valence-electron chi connectivity index (χ2n) is 7.64. The van der Waals surface area contributed by atoms with Crippen LogP contribution in [0.3, 0.4) is 0 Å². The van der Waals surface area contributed by atoms with Crippen LogP contribution in [0.4, 0.5) is 5.69 Å². The number of benzene rings is 2. The number of nitrogens with zero attached hydrogens (tertiary/aromatic N) is 3. The zero-order chi connectivity index (χ0) is 18.6. The molecule has 1 amide bonds. The van der Waals surface area contributed by atoms with Crippen LogP contribution in [-0.2, 0) is 11.2 Å². The van der Waals surface area contributed by atoms with E-state index in [4.69, 9.17) is 5.26 Å². The topological polar surface area (TPSA) is 84.8 Å². The molecule has 1 atom stereocenters. The first kappa shape index (κ1) is 15.9. The summed E-state index contributed by atoms with van der Waals surface area (Å²) in [6, 6.07) is 10.4. The minimum absolute atomic E-state index is 0.0307. The van der Waals surface area contributed by atoms with Crippen molar-refractivity contribution in [2.45, 2.75) is 19.8 Å². The molecule has 1 spiro atoms. The Balaban J connectivity index is 1.57. The van der Waals surface area contributed by atoms with Crippen LogP contribution in [0.1, 0.15) is 17.5 Å². The lowest BCUT2D eigenvalue weighted by Crippen LogP contribution is -2.43. The van der Waals surface area contributed by atoms with Gasteiger partial charge in [0.2, 0.25) is 5.91 Å². The molecule has 2 N–H and O–H groups in total. The molecule has 1 saturated heterocycles. The van der Waals surface area contributed by atoms with Gasteiger partial charge in [0, 0.05) is 24.2 Å². The summed E-state index contributed by atoms with van der Waals surface area (Å²) in [6.45, 7) is 3.24. The number of carbonyl (C=O) groups is 1. The van der Waals surface area contributed by atoms with E-state index >= 15 is 0 Å². The first-order chi connectivity index (χ1) is 13.1. The van der Waals surface area contributed by atoms with E-state index in [1.165, 1.54) is 5.56 Å². The van der Waals surface area contributed by atoms with Gasteiger partial charge in [0.05, 0.1) is 17.1 Å². The number of aryl methyl sites for hydroxylation is 1. The van der Waals surface area contributed by atoms with Crippen LogP contribution in [0.25, 0.3) is 22.0 Å². The van der Waals surface area contributed by atoms with E-state index in [1.807, 2.05) is 12.3 Å². The molecule has 0 saturated carbocycles. The Morgan fingerprint density at radius 1 is 1.30 bits per heavy atom. The number of amides is 1. The number of H-pyrrole nitrogens is 1. The van der Waals surface area contributed by atoms with Gasteiger partial charge in [0.15, 0.2) is 6.19 Å². The molecule has 6 heteroatoms. The molecule has 0 radical (unpaired) electrons. The molecule has 27 heavy (non-hydrogen) atoms. The van der Waals surface area contributed by atoms with E-state index in [0.717, 1.165) is 39.7 Å². The number of fused-ring (bicyclic) bond motifs is 2. The molecule has 1 fully saturated rings. The van der Waals surface area contributed by atoms with Crippen molar-refractivity contribution in [1.29, 1.82) is 5.26 Å². The van der Waals surface area contributed by atoms with Gasteiger partial charge in [-0.3, -0.25) is 9.89 Å². The van der Waals surface area contributed by atoms with Gasteiger partial charge in [-0.25, -0.2) is 0 Å². The lowest BCUT2D eigenvalue weighted by Gasteiger charge is -2.33. The molecule has 5 rings (SSSR count).